The summed E-state index contributed by atoms with van der Waals surface area (Å²) in [4.78, 5) is 41.9. The Balaban J connectivity index is 1.74. The van der Waals surface area contributed by atoms with Gasteiger partial charge in [-0.05, 0) is 104 Å². The highest BCUT2D eigenvalue weighted by Crippen LogP contribution is 2.34. The smallest absolute Gasteiger partial charge is 0.410 e. The number of para-hydroxylation sites is 2. The first-order chi connectivity index (χ1) is 21.1. The van der Waals surface area contributed by atoms with Crippen molar-refractivity contribution < 1.29 is 33.3 Å². The van der Waals surface area contributed by atoms with Gasteiger partial charge >= 0.3 is 12.1 Å². The highest BCUT2D eigenvalue weighted by Gasteiger charge is 2.29. The molecule has 45 heavy (non-hydrogen) atoms. The van der Waals surface area contributed by atoms with E-state index in [1.807, 2.05) is 85.7 Å². The number of rotatable bonds is 14. The van der Waals surface area contributed by atoms with Crippen LogP contribution >= 0.6 is 0 Å². The quantitative estimate of drug-likeness (QED) is 0.207. The first-order valence-electron chi connectivity index (χ1n) is 15.8. The third-order valence-electron chi connectivity index (χ3n) is 7.33. The van der Waals surface area contributed by atoms with Crippen molar-refractivity contribution in [1.29, 1.82) is 0 Å². The average Bonchev–Trinajstić information content (AvgIpc) is 3.34. The number of hydrogen-bond acceptors (Lipinski definition) is 8. The van der Waals surface area contributed by atoms with E-state index in [0.29, 0.717) is 49.7 Å². The number of esters is 1. The van der Waals surface area contributed by atoms with Crippen LogP contribution in [0.15, 0.2) is 36.4 Å². The normalized spacial score (nSPS) is 13.6. The largest absolute Gasteiger partial charge is 0.490 e. The molecule has 1 atom stereocenters. The van der Waals surface area contributed by atoms with Gasteiger partial charge in [0, 0.05) is 19.1 Å². The lowest BCUT2D eigenvalue weighted by molar-refractivity contribution is -0.152. The third kappa shape index (κ3) is 10.3. The van der Waals surface area contributed by atoms with Crippen molar-refractivity contribution in [3.8, 4) is 11.5 Å². The number of nitrogens with two attached hydrogens (primary N) is 1. The zero-order chi connectivity index (χ0) is 33.4. The zero-order valence-electron chi connectivity index (χ0n) is 28.2. The third-order valence-corrected chi connectivity index (χ3v) is 7.33. The summed E-state index contributed by atoms with van der Waals surface area (Å²) in [6.45, 7) is 17.6. The van der Waals surface area contributed by atoms with Crippen LogP contribution < -0.4 is 20.1 Å². The molecule has 0 saturated heterocycles. The molecule has 1 heterocycles. The molecule has 2 amide bonds. The zero-order valence-corrected chi connectivity index (χ0v) is 28.2. The lowest BCUT2D eigenvalue weighted by Gasteiger charge is -2.32. The summed E-state index contributed by atoms with van der Waals surface area (Å²) in [6, 6.07) is 11.1. The monoisotopic (exact) mass is 625 g/mol. The van der Waals surface area contributed by atoms with Crippen LogP contribution in [0.4, 0.5) is 10.5 Å². The molecule has 0 aliphatic carbocycles. The van der Waals surface area contributed by atoms with Crippen LogP contribution in [0.1, 0.15) is 83.3 Å². The van der Waals surface area contributed by atoms with E-state index >= 15 is 0 Å². The van der Waals surface area contributed by atoms with Gasteiger partial charge in [-0.2, -0.15) is 0 Å². The fraction of sp³-hybridized carbons (Fsp3) is 0.571. The predicted octanol–water partition coefficient (Wildman–Crippen LogP) is 5.77. The van der Waals surface area contributed by atoms with E-state index in [4.69, 9.17) is 24.7 Å². The summed E-state index contributed by atoms with van der Waals surface area (Å²) in [7, 11) is 0. The second-order valence-electron chi connectivity index (χ2n) is 13.4. The molecule has 10 heteroatoms. The number of carbonyl (C=O) groups is 3. The van der Waals surface area contributed by atoms with E-state index in [-0.39, 0.29) is 25.2 Å². The summed E-state index contributed by atoms with van der Waals surface area (Å²) in [5.41, 5.74) is 7.91. The van der Waals surface area contributed by atoms with Crippen LogP contribution in [0.25, 0.3) is 0 Å². The van der Waals surface area contributed by atoms with Crippen molar-refractivity contribution in [2.45, 2.75) is 86.3 Å². The van der Waals surface area contributed by atoms with Crippen molar-refractivity contribution in [3.05, 3.63) is 53.1 Å². The van der Waals surface area contributed by atoms with Crippen LogP contribution in [-0.4, -0.2) is 74.0 Å². The number of anilines is 1. The molecule has 0 fully saturated rings. The lowest BCUT2D eigenvalue weighted by Crippen LogP contribution is -2.45. The summed E-state index contributed by atoms with van der Waals surface area (Å²) in [6.07, 6.45) is 1.46. The number of carbonyl (C=O) groups excluding carboxylic acids is 3. The molecule has 0 unspecified atom stereocenters. The van der Waals surface area contributed by atoms with Crippen molar-refractivity contribution >= 4 is 23.7 Å². The van der Waals surface area contributed by atoms with E-state index in [0.717, 1.165) is 29.8 Å². The first kappa shape index (κ1) is 35.5. The highest BCUT2D eigenvalue weighted by atomic mass is 16.6. The second kappa shape index (κ2) is 15.4. The Labute approximate surface area is 268 Å². The van der Waals surface area contributed by atoms with Crippen molar-refractivity contribution in [1.82, 2.24) is 4.90 Å². The molecule has 0 spiro atoms. The molecule has 248 valence electrons. The van der Waals surface area contributed by atoms with Crippen LogP contribution in [-0.2, 0) is 27.1 Å². The van der Waals surface area contributed by atoms with Gasteiger partial charge in [0.1, 0.15) is 12.2 Å². The van der Waals surface area contributed by atoms with Crippen LogP contribution in [0.2, 0.25) is 0 Å². The Morgan fingerprint density at radius 1 is 1.00 bits per heavy atom. The molecule has 0 radical (unpaired) electrons. The van der Waals surface area contributed by atoms with E-state index in [1.165, 1.54) is 0 Å². The molecule has 0 aromatic heterocycles. The van der Waals surface area contributed by atoms with Crippen LogP contribution in [0.3, 0.4) is 0 Å². The number of hydrogen-bond donors (Lipinski definition) is 1. The van der Waals surface area contributed by atoms with Gasteiger partial charge in [0.25, 0.3) is 5.91 Å². The van der Waals surface area contributed by atoms with Gasteiger partial charge in [-0.3, -0.25) is 9.59 Å². The van der Waals surface area contributed by atoms with Crippen LogP contribution in [0.5, 0.6) is 11.5 Å². The highest BCUT2D eigenvalue weighted by molar-refractivity contribution is 6.00. The standard InChI is InChI=1S/C35H51N3O7/c1-9-42-28-13-10-11-14-29(28)43-20-18-38(33(41)45-35(6,7)8)24(2)21-25-22-26-15-17-37(30(26)27(23-25)31(36)39)16-12-19-44-32(40)34(3,4)5/h10-11,13-14,22-24H,9,12,15-21H2,1-8H3,(H2,36,39)/t24-/m1/s1. The lowest BCUT2D eigenvalue weighted by atomic mass is 9.97. The second-order valence-corrected chi connectivity index (χ2v) is 13.4. The van der Waals surface area contributed by atoms with Gasteiger partial charge in [-0.25, -0.2) is 4.79 Å². The molecule has 0 bridgehead atoms. The predicted molar refractivity (Wildman–Crippen MR) is 175 cm³/mol. The van der Waals surface area contributed by atoms with E-state index in [2.05, 4.69) is 11.0 Å². The molecule has 1 aliphatic rings. The van der Waals surface area contributed by atoms with Gasteiger partial charge in [0.2, 0.25) is 0 Å². The fourth-order valence-electron chi connectivity index (χ4n) is 5.22. The van der Waals surface area contributed by atoms with Crippen molar-refractivity contribution in [3.63, 3.8) is 0 Å². The Hall–Kier alpha value is -3.95. The maximum absolute atomic E-state index is 13.3. The molecule has 3 rings (SSSR count). The maximum atomic E-state index is 13.3. The minimum Gasteiger partial charge on any atom is -0.490 e. The number of nitrogens with zero attached hydrogens (tertiary/aromatic N) is 2. The number of ether oxygens (including phenoxy) is 4. The number of amides is 2. The summed E-state index contributed by atoms with van der Waals surface area (Å²) in [5, 5.41) is 0. The van der Waals surface area contributed by atoms with Crippen LogP contribution in [0, 0.1) is 5.41 Å². The van der Waals surface area contributed by atoms with Gasteiger partial charge in [0.05, 0.1) is 36.4 Å². The molecule has 1 aliphatic heterocycles. The molecular weight excluding hydrogens is 574 g/mol. The molecule has 2 aromatic carbocycles. The molecular formula is C35H51N3O7. The van der Waals surface area contributed by atoms with Gasteiger partial charge in [0.15, 0.2) is 11.5 Å². The summed E-state index contributed by atoms with van der Waals surface area (Å²) >= 11 is 0. The number of benzene rings is 2. The SMILES string of the molecule is CCOc1ccccc1OCCN(C(=O)OC(C)(C)C)[C@H](C)Cc1cc2c(c(C(N)=O)c1)N(CCCOC(=O)C(C)(C)C)CC2. The minimum absolute atomic E-state index is 0.233. The van der Waals surface area contributed by atoms with E-state index in [1.54, 1.807) is 4.90 Å². The minimum atomic E-state index is -0.668. The summed E-state index contributed by atoms with van der Waals surface area (Å²) in [5.74, 6) is 0.520. The van der Waals surface area contributed by atoms with Crippen molar-refractivity contribution in [2.75, 3.05) is 44.4 Å². The molecule has 0 saturated carbocycles. The maximum Gasteiger partial charge on any atom is 0.410 e. The van der Waals surface area contributed by atoms with Crippen molar-refractivity contribution in [2.24, 2.45) is 11.1 Å². The number of primary amides is 1. The Morgan fingerprint density at radius 3 is 2.27 bits per heavy atom. The molecule has 2 aromatic rings. The van der Waals surface area contributed by atoms with Gasteiger partial charge < -0.3 is 34.5 Å². The van der Waals surface area contributed by atoms with Gasteiger partial charge in [-0.1, -0.05) is 18.2 Å². The van der Waals surface area contributed by atoms with E-state index in [9.17, 15) is 14.4 Å². The Morgan fingerprint density at radius 2 is 1.67 bits per heavy atom. The fourth-order valence-corrected chi connectivity index (χ4v) is 5.22. The van der Waals surface area contributed by atoms with Gasteiger partial charge in [-0.15, -0.1) is 0 Å². The van der Waals surface area contributed by atoms with E-state index < -0.39 is 23.0 Å². The first-order valence-corrected chi connectivity index (χ1v) is 15.8. The Kier molecular flexibility index (Phi) is 12.1. The summed E-state index contributed by atoms with van der Waals surface area (Å²) < 4.78 is 22.9. The average molecular weight is 626 g/mol. The molecule has 2 N–H and O–H groups in total. The topological polar surface area (TPSA) is 121 Å². The Bertz CT molecular complexity index is 1330. The molecule has 10 nitrogen and oxygen atoms in total. The number of fused-ring (bicyclic) bond motifs is 1.